The topological polar surface area (TPSA) is 49.8 Å². The first kappa shape index (κ1) is 14.1. The van der Waals surface area contributed by atoms with E-state index in [4.69, 9.17) is 0 Å². The van der Waals surface area contributed by atoms with E-state index >= 15 is 0 Å². The summed E-state index contributed by atoms with van der Waals surface area (Å²) in [6, 6.07) is 0.566. The van der Waals surface area contributed by atoms with E-state index in [1.54, 1.807) is 0 Å². The van der Waals surface area contributed by atoms with Crippen LogP contribution in [-0.2, 0) is 0 Å². The van der Waals surface area contributed by atoms with Crippen molar-refractivity contribution in [1.82, 2.24) is 9.97 Å². The van der Waals surface area contributed by atoms with Crippen molar-refractivity contribution >= 4 is 11.8 Å². The van der Waals surface area contributed by atoms with Gasteiger partial charge in [-0.2, -0.15) is 4.98 Å². The maximum atomic E-state index is 4.60. The van der Waals surface area contributed by atoms with Crippen LogP contribution in [0.2, 0.25) is 0 Å². The van der Waals surface area contributed by atoms with Crippen LogP contribution in [0.4, 0.5) is 11.8 Å². The summed E-state index contributed by atoms with van der Waals surface area (Å²) in [5, 5.41) is 6.85. The maximum Gasteiger partial charge on any atom is 0.224 e. The minimum absolute atomic E-state index is 0.566. The highest BCUT2D eigenvalue weighted by Crippen LogP contribution is 2.26. The summed E-state index contributed by atoms with van der Waals surface area (Å²) >= 11 is 0. The molecule has 1 saturated carbocycles. The van der Waals surface area contributed by atoms with E-state index in [0.29, 0.717) is 6.04 Å². The molecule has 1 aromatic rings. The minimum atomic E-state index is 0.566. The van der Waals surface area contributed by atoms with Crippen LogP contribution in [0.5, 0.6) is 0 Å². The standard InChI is InChI=1S/C15H26N4/c1-4-8-16-15-17-10-12(3)14(19-15)18-13-7-5-6-11(2)9-13/h10-11,13H,4-9H2,1-3H3,(H2,16,17,18,19). The Bertz CT molecular complexity index is 405. The first-order chi connectivity index (χ1) is 9.19. The van der Waals surface area contributed by atoms with Gasteiger partial charge in [0.05, 0.1) is 0 Å². The van der Waals surface area contributed by atoms with Crippen molar-refractivity contribution in [1.29, 1.82) is 0 Å². The van der Waals surface area contributed by atoms with Gasteiger partial charge in [0, 0.05) is 24.3 Å². The zero-order valence-corrected chi connectivity index (χ0v) is 12.4. The molecule has 4 nitrogen and oxygen atoms in total. The highest BCUT2D eigenvalue weighted by Gasteiger charge is 2.19. The van der Waals surface area contributed by atoms with Crippen molar-refractivity contribution in [2.24, 2.45) is 5.92 Å². The first-order valence-electron chi connectivity index (χ1n) is 7.53. The van der Waals surface area contributed by atoms with E-state index in [1.165, 1.54) is 25.7 Å². The molecular formula is C15H26N4. The molecular weight excluding hydrogens is 236 g/mol. The summed E-state index contributed by atoms with van der Waals surface area (Å²) in [4.78, 5) is 8.92. The quantitative estimate of drug-likeness (QED) is 0.851. The molecule has 1 heterocycles. The molecule has 0 aromatic carbocycles. The van der Waals surface area contributed by atoms with Crippen LogP contribution >= 0.6 is 0 Å². The Morgan fingerprint density at radius 1 is 1.37 bits per heavy atom. The molecule has 0 spiro atoms. The second-order valence-electron chi connectivity index (χ2n) is 5.77. The zero-order valence-electron chi connectivity index (χ0n) is 12.4. The van der Waals surface area contributed by atoms with E-state index in [1.807, 2.05) is 6.20 Å². The van der Waals surface area contributed by atoms with Gasteiger partial charge >= 0.3 is 0 Å². The molecule has 2 N–H and O–H groups in total. The van der Waals surface area contributed by atoms with E-state index < -0.39 is 0 Å². The van der Waals surface area contributed by atoms with Gasteiger partial charge in [0.2, 0.25) is 5.95 Å². The van der Waals surface area contributed by atoms with Crippen LogP contribution in [-0.4, -0.2) is 22.6 Å². The molecule has 106 valence electrons. The molecule has 1 aliphatic rings. The van der Waals surface area contributed by atoms with Crippen molar-refractivity contribution < 1.29 is 0 Å². The molecule has 19 heavy (non-hydrogen) atoms. The number of anilines is 2. The van der Waals surface area contributed by atoms with E-state index in [0.717, 1.165) is 36.2 Å². The molecule has 2 unspecified atom stereocenters. The Kier molecular flexibility index (Phi) is 5.00. The monoisotopic (exact) mass is 262 g/mol. The zero-order chi connectivity index (χ0) is 13.7. The Hall–Kier alpha value is -1.32. The minimum Gasteiger partial charge on any atom is -0.367 e. The highest BCUT2D eigenvalue weighted by molar-refractivity contribution is 5.47. The van der Waals surface area contributed by atoms with Gasteiger partial charge in [0.15, 0.2) is 0 Å². The average Bonchev–Trinajstić information content (AvgIpc) is 2.40. The molecule has 1 aliphatic carbocycles. The molecule has 4 heteroatoms. The van der Waals surface area contributed by atoms with Gasteiger partial charge in [-0.15, -0.1) is 0 Å². The van der Waals surface area contributed by atoms with Crippen molar-refractivity contribution in [2.75, 3.05) is 17.2 Å². The number of aromatic nitrogens is 2. The third-order valence-electron chi connectivity index (χ3n) is 3.78. The molecule has 0 amide bonds. The highest BCUT2D eigenvalue weighted by atomic mass is 15.1. The predicted octanol–water partition coefficient (Wildman–Crippen LogP) is 3.60. The summed E-state index contributed by atoms with van der Waals surface area (Å²) in [7, 11) is 0. The van der Waals surface area contributed by atoms with E-state index in [9.17, 15) is 0 Å². The third-order valence-corrected chi connectivity index (χ3v) is 3.78. The first-order valence-corrected chi connectivity index (χ1v) is 7.53. The Balaban J connectivity index is 2.01. The summed E-state index contributed by atoms with van der Waals surface area (Å²) in [6.07, 6.45) is 8.18. The maximum absolute atomic E-state index is 4.60. The van der Waals surface area contributed by atoms with Gasteiger partial charge in [0.25, 0.3) is 0 Å². The van der Waals surface area contributed by atoms with Gasteiger partial charge in [-0.1, -0.05) is 26.7 Å². The van der Waals surface area contributed by atoms with Gasteiger partial charge in [-0.05, 0) is 32.1 Å². The average molecular weight is 262 g/mol. The largest absolute Gasteiger partial charge is 0.367 e. The molecule has 0 bridgehead atoms. The fourth-order valence-electron chi connectivity index (χ4n) is 2.67. The van der Waals surface area contributed by atoms with E-state index in [-0.39, 0.29) is 0 Å². The normalized spacial score (nSPS) is 23.1. The Morgan fingerprint density at radius 2 is 2.21 bits per heavy atom. The lowest BCUT2D eigenvalue weighted by molar-refractivity contribution is 0.358. The van der Waals surface area contributed by atoms with Crippen molar-refractivity contribution in [3.05, 3.63) is 11.8 Å². The van der Waals surface area contributed by atoms with Crippen LogP contribution in [0.1, 0.15) is 51.5 Å². The fraction of sp³-hybridized carbons (Fsp3) is 0.733. The van der Waals surface area contributed by atoms with Crippen LogP contribution in [0.25, 0.3) is 0 Å². The number of nitrogens with one attached hydrogen (secondary N) is 2. The smallest absolute Gasteiger partial charge is 0.224 e. The Labute approximate surface area is 116 Å². The molecule has 2 rings (SSSR count). The second-order valence-corrected chi connectivity index (χ2v) is 5.77. The molecule has 2 atom stereocenters. The summed E-state index contributed by atoms with van der Waals surface area (Å²) in [6.45, 7) is 7.47. The number of hydrogen-bond donors (Lipinski definition) is 2. The lowest BCUT2D eigenvalue weighted by atomic mass is 9.87. The van der Waals surface area contributed by atoms with Gasteiger partial charge in [0.1, 0.15) is 5.82 Å². The van der Waals surface area contributed by atoms with Crippen LogP contribution in [0.3, 0.4) is 0 Å². The molecule has 1 fully saturated rings. The lowest BCUT2D eigenvalue weighted by Crippen LogP contribution is -2.27. The molecule has 0 radical (unpaired) electrons. The number of nitrogens with zero attached hydrogens (tertiary/aromatic N) is 2. The van der Waals surface area contributed by atoms with E-state index in [2.05, 4.69) is 41.4 Å². The third kappa shape index (κ3) is 4.08. The summed E-state index contributed by atoms with van der Waals surface area (Å²) in [5.74, 6) is 2.55. The number of aryl methyl sites for hydroxylation is 1. The van der Waals surface area contributed by atoms with Gasteiger partial charge in [-0.3, -0.25) is 0 Å². The lowest BCUT2D eigenvalue weighted by Gasteiger charge is -2.28. The summed E-state index contributed by atoms with van der Waals surface area (Å²) < 4.78 is 0. The predicted molar refractivity (Wildman–Crippen MR) is 80.6 cm³/mol. The van der Waals surface area contributed by atoms with Crippen LogP contribution in [0.15, 0.2) is 6.20 Å². The Morgan fingerprint density at radius 3 is 2.95 bits per heavy atom. The number of rotatable bonds is 5. The van der Waals surface area contributed by atoms with Crippen molar-refractivity contribution in [3.63, 3.8) is 0 Å². The fourth-order valence-corrected chi connectivity index (χ4v) is 2.67. The molecule has 1 aromatic heterocycles. The van der Waals surface area contributed by atoms with Gasteiger partial charge < -0.3 is 10.6 Å². The molecule has 0 saturated heterocycles. The van der Waals surface area contributed by atoms with Crippen molar-refractivity contribution in [2.45, 2.75) is 58.9 Å². The van der Waals surface area contributed by atoms with Crippen LogP contribution in [0, 0.1) is 12.8 Å². The van der Waals surface area contributed by atoms with Gasteiger partial charge in [-0.25, -0.2) is 4.98 Å². The molecule has 0 aliphatic heterocycles. The SMILES string of the molecule is CCCNc1ncc(C)c(NC2CCCC(C)C2)n1. The van der Waals surface area contributed by atoms with Crippen molar-refractivity contribution in [3.8, 4) is 0 Å². The second kappa shape index (κ2) is 6.73. The number of hydrogen-bond acceptors (Lipinski definition) is 4. The van der Waals surface area contributed by atoms with Crippen LogP contribution < -0.4 is 10.6 Å². The summed E-state index contributed by atoms with van der Waals surface area (Å²) in [5.41, 5.74) is 1.13.